The van der Waals surface area contributed by atoms with Gasteiger partial charge in [-0.25, -0.2) is 0 Å². The molecule has 2 unspecified atom stereocenters. The molecule has 0 spiro atoms. The first-order valence-corrected chi connectivity index (χ1v) is 9.34. The van der Waals surface area contributed by atoms with Gasteiger partial charge in [-0.1, -0.05) is 31.4 Å². The summed E-state index contributed by atoms with van der Waals surface area (Å²) in [6.07, 6.45) is 14.2. The van der Waals surface area contributed by atoms with Gasteiger partial charge in [0.15, 0.2) is 0 Å². The topological polar surface area (TPSA) is 58.6 Å². The Balaban J connectivity index is 1.54. The Morgan fingerprint density at radius 1 is 1.12 bits per heavy atom. The van der Waals surface area contributed by atoms with Gasteiger partial charge in [-0.15, -0.1) is 0 Å². The molecule has 24 heavy (non-hydrogen) atoms. The van der Waals surface area contributed by atoms with E-state index in [0.29, 0.717) is 31.3 Å². The van der Waals surface area contributed by atoms with Crippen LogP contribution in [0.5, 0.6) is 0 Å². The van der Waals surface area contributed by atoms with Crippen LogP contribution in [0.25, 0.3) is 0 Å². The van der Waals surface area contributed by atoms with Crippen LogP contribution in [0.15, 0.2) is 23.9 Å². The third kappa shape index (κ3) is 2.90. The molecule has 5 nitrogen and oxygen atoms in total. The zero-order valence-corrected chi connectivity index (χ0v) is 14.1. The van der Waals surface area contributed by atoms with E-state index in [1.54, 1.807) is 0 Å². The van der Waals surface area contributed by atoms with E-state index >= 15 is 0 Å². The molecule has 0 aromatic carbocycles. The number of hydrogen-bond acceptors (Lipinski definition) is 4. The van der Waals surface area contributed by atoms with Crippen LogP contribution in [-0.2, 0) is 14.3 Å². The van der Waals surface area contributed by atoms with E-state index in [4.69, 9.17) is 4.74 Å². The number of fused-ring (bicyclic) bond motifs is 1. The third-order valence-electron chi connectivity index (χ3n) is 5.98. The van der Waals surface area contributed by atoms with Gasteiger partial charge in [-0.05, 0) is 31.3 Å². The molecule has 2 heterocycles. The molecule has 2 saturated heterocycles. The van der Waals surface area contributed by atoms with Crippen molar-refractivity contribution in [1.29, 1.82) is 0 Å². The van der Waals surface area contributed by atoms with Crippen LogP contribution in [0.1, 0.15) is 44.9 Å². The number of morpholine rings is 1. The maximum atomic E-state index is 12.3. The van der Waals surface area contributed by atoms with Gasteiger partial charge >= 0.3 is 0 Å². The fraction of sp³-hybridized carbons (Fsp3) is 0.684. The predicted octanol–water partition coefficient (Wildman–Crippen LogP) is 2.14. The molecule has 3 atom stereocenters. The molecule has 0 aromatic rings. The van der Waals surface area contributed by atoms with E-state index in [1.165, 1.54) is 32.1 Å². The normalized spacial score (nSPS) is 34.6. The van der Waals surface area contributed by atoms with Crippen LogP contribution in [-0.4, -0.2) is 42.0 Å². The zero-order valence-electron chi connectivity index (χ0n) is 14.1. The van der Waals surface area contributed by atoms with Crippen molar-refractivity contribution < 1.29 is 14.3 Å². The molecule has 4 aliphatic rings. The minimum Gasteiger partial charge on any atom is -0.370 e. The predicted molar refractivity (Wildman–Crippen MR) is 89.9 cm³/mol. The van der Waals surface area contributed by atoms with Crippen molar-refractivity contribution in [2.24, 2.45) is 11.8 Å². The minimum absolute atomic E-state index is 0.0669. The molecule has 2 aliphatic heterocycles. The van der Waals surface area contributed by atoms with E-state index in [2.05, 4.69) is 28.4 Å². The van der Waals surface area contributed by atoms with Gasteiger partial charge in [0, 0.05) is 24.6 Å². The van der Waals surface area contributed by atoms with Gasteiger partial charge in [0.1, 0.15) is 12.1 Å². The Morgan fingerprint density at radius 3 is 2.75 bits per heavy atom. The molecular formula is C19H26N2O3. The van der Waals surface area contributed by atoms with E-state index in [0.717, 1.165) is 12.2 Å². The molecule has 2 amide bonds. The highest BCUT2D eigenvalue weighted by Crippen LogP contribution is 2.40. The van der Waals surface area contributed by atoms with E-state index in [1.807, 2.05) is 0 Å². The number of carbonyl (C=O) groups excluding carboxylic acids is 2. The summed E-state index contributed by atoms with van der Waals surface area (Å²) in [4.78, 5) is 25.9. The maximum Gasteiger partial charge on any atom is 0.249 e. The van der Waals surface area contributed by atoms with Gasteiger partial charge in [0.05, 0.1) is 6.61 Å². The second-order valence-electron chi connectivity index (χ2n) is 7.40. The van der Waals surface area contributed by atoms with Crippen LogP contribution in [0, 0.1) is 11.8 Å². The number of hydrogen-bond donors (Lipinski definition) is 1. The lowest BCUT2D eigenvalue weighted by Crippen LogP contribution is -2.57. The Bertz CT molecular complexity index is 577. The lowest BCUT2D eigenvalue weighted by atomic mass is 9.74. The number of imide groups is 1. The van der Waals surface area contributed by atoms with Gasteiger partial charge in [-0.2, -0.15) is 0 Å². The number of allylic oxidation sites excluding steroid dienone is 2. The van der Waals surface area contributed by atoms with Crippen molar-refractivity contribution in [2.45, 2.75) is 57.1 Å². The van der Waals surface area contributed by atoms with E-state index < -0.39 is 0 Å². The van der Waals surface area contributed by atoms with Gasteiger partial charge < -0.3 is 9.64 Å². The van der Waals surface area contributed by atoms with Crippen molar-refractivity contribution in [2.75, 3.05) is 13.2 Å². The standard InChI is InChI=1S/C19H26N2O3/c22-17-10-9-16(19(23)20-17)21-11-12-24-18-14(7-4-8-15(18)21)13-5-2-1-3-6-13/h4,7-8,13-14,16,18H,1-3,5-6,9-12H2,(H,20,22,23)/t14?,16-,18?/m1/s1. The molecule has 5 heteroatoms. The molecular weight excluding hydrogens is 304 g/mol. The third-order valence-corrected chi connectivity index (χ3v) is 5.98. The van der Waals surface area contributed by atoms with Crippen LogP contribution in [0.3, 0.4) is 0 Å². The minimum atomic E-state index is -0.237. The van der Waals surface area contributed by atoms with Gasteiger partial charge in [0.25, 0.3) is 0 Å². The Morgan fingerprint density at radius 2 is 1.96 bits per heavy atom. The Hall–Kier alpha value is -1.62. The fourth-order valence-corrected chi connectivity index (χ4v) is 4.78. The van der Waals surface area contributed by atoms with Crippen molar-refractivity contribution in [3.8, 4) is 0 Å². The molecule has 2 aliphatic carbocycles. The van der Waals surface area contributed by atoms with Crippen molar-refractivity contribution in [3.63, 3.8) is 0 Å². The van der Waals surface area contributed by atoms with Crippen molar-refractivity contribution in [1.82, 2.24) is 10.2 Å². The number of rotatable bonds is 2. The first-order chi connectivity index (χ1) is 11.7. The lowest BCUT2D eigenvalue weighted by molar-refractivity contribution is -0.138. The summed E-state index contributed by atoms with van der Waals surface area (Å²) in [5.74, 6) is 0.794. The summed E-state index contributed by atoms with van der Waals surface area (Å²) >= 11 is 0. The number of nitrogens with one attached hydrogen (secondary N) is 1. The van der Waals surface area contributed by atoms with Gasteiger partial charge in [0.2, 0.25) is 11.8 Å². The summed E-state index contributed by atoms with van der Waals surface area (Å²) in [6.45, 7) is 1.37. The first-order valence-electron chi connectivity index (χ1n) is 9.34. The molecule has 0 aromatic heterocycles. The Kier molecular flexibility index (Phi) is 4.44. The van der Waals surface area contributed by atoms with Crippen LogP contribution in [0.2, 0.25) is 0 Å². The highest BCUT2D eigenvalue weighted by molar-refractivity contribution is 6.00. The monoisotopic (exact) mass is 330 g/mol. The van der Waals surface area contributed by atoms with Crippen LogP contribution < -0.4 is 5.32 Å². The quantitative estimate of drug-likeness (QED) is 0.788. The molecule has 3 fully saturated rings. The van der Waals surface area contributed by atoms with Crippen molar-refractivity contribution >= 4 is 11.8 Å². The average Bonchev–Trinajstić information content (AvgIpc) is 2.62. The first kappa shape index (κ1) is 15.9. The number of carbonyl (C=O) groups is 2. The molecule has 1 saturated carbocycles. The second kappa shape index (κ2) is 6.71. The number of ether oxygens (including phenoxy) is 1. The highest BCUT2D eigenvalue weighted by atomic mass is 16.5. The number of nitrogens with zero attached hydrogens (tertiary/aromatic N) is 1. The van der Waals surface area contributed by atoms with Gasteiger partial charge in [-0.3, -0.25) is 14.9 Å². The second-order valence-corrected chi connectivity index (χ2v) is 7.40. The average molecular weight is 330 g/mol. The summed E-state index contributed by atoms with van der Waals surface area (Å²) in [5.41, 5.74) is 1.13. The largest absolute Gasteiger partial charge is 0.370 e. The summed E-state index contributed by atoms with van der Waals surface area (Å²) < 4.78 is 6.17. The Labute approximate surface area is 143 Å². The van der Waals surface area contributed by atoms with Crippen molar-refractivity contribution in [3.05, 3.63) is 23.9 Å². The smallest absolute Gasteiger partial charge is 0.249 e. The summed E-state index contributed by atoms with van der Waals surface area (Å²) in [7, 11) is 0. The summed E-state index contributed by atoms with van der Waals surface area (Å²) in [5, 5.41) is 2.49. The molecule has 0 bridgehead atoms. The zero-order chi connectivity index (χ0) is 16.5. The number of amides is 2. The van der Waals surface area contributed by atoms with E-state index in [-0.39, 0.29) is 24.0 Å². The highest BCUT2D eigenvalue weighted by Gasteiger charge is 2.41. The molecule has 0 radical (unpaired) electrons. The molecule has 1 N–H and O–H groups in total. The maximum absolute atomic E-state index is 12.3. The van der Waals surface area contributed by atoms with Crippen LogP contribution >= 0.6 is 0 Å². The van der Waals surface area contributed by atoms with E-state index in [9.17, 15) is 9.59 Å². The number of piperidine rings is 1. The fourth-order valence-electron chi connectivity index (χ4n) is 4.78. The van der Waals surface area contributed by atoms with Crippen LogP contribution in [0.4, 0.5) is 0 Å². The molecule has 130 valence electrons. The summed E-state index contributed by atoms with van der Waals surface area (Å²) in [6, 6.07) is -0.237. The lowest BCUT2D eigenvalue weighted by Gasteiger charge is -2.47. The SMILES string of the molecule is O=C1CC[C@@H](N2CCOC3C2=CC=CC3C2CCCCC2)C(=O)N1. The molecule has 4 rings (SSSR count).